The van der Waals surface area contributed by atoms with Crippen molar-refractivity contribution in [1.29, 1.82) is 0 Å². The van der Waals surface area contributed by atoms with Gasteiger partial charge in [0.15, 0.2) is 5.79 Å². The number of ether oxygens (including phenoxy) is 3. The lowest BCUT2D eigenvalue weighted by Crippen LogP contribution is -2.61. The Kier molecular flexibility index (Phi) is 6.48. The Morgan fingerprint density at radius 2 is 1.69 bits per heavy atom. The number of Topliss-reactive ketones (excluding diaryl/α,β-unsaturated/α-hetero) is 1. The standard InChI is InChI=1S/C30H48O5/c1-19(7-10-25(32)33-6)21-8-9-22-26-23(11-12-29(21,22)5)28(4)13-14-30(16-20(28)15-24(26)31)34-17-27(2,3)18-35-30/h19-23,26H,7-18H2,1-6H3/t19-,20-,21-,22+,23+,26+,28+,29-/m1/s1. The molecule has 0 radical (unpaired) electrons. The fourth-order valence-electron chi connectivity index (χ4n) is 9.50. The minimum Gasteiger partial charge on any atom is -0.469 e. The number of esters is 1. The number of methoxy groups -OCH3 is 1. The van der Waals surface area contributed by atoms with E-state index in [1.807, 2.05) is 0 Å². The first-order chi connectivity index (χ1) is 16.4. The zero-order chi connectivity index (χ0) is 25.2. The molecule has 4 saturated carbocycles. The van der Waals surface area contributed by atoms with Crippen LogP contribution < -0.4 is 0 Å². The first-order valence-electron chi connectivity index (χ1n) is 14.3. The van der Waals surface area contributed by atoms with Gasteiger partial charge in [0.05, 0.1) is 20.3 Å². The van der Waals surface area contributed by atoms with Crippen LogP contribution in [0.4, 0.5) is 0 Å². The summed E-state index contributed by atoms with van der Waals surface area (Å²) in [5.41, 5.74) is 0.492. The average molecular weight is 489 g/mol. The van der Waals surface area contributed by atoms with E-state index < -0.39 is 5.79 Å². The Morgan fingerprint density at radius 3 is 2.37 bits per heavy atom. The summed E-state index contributed by atoms with van der Waals surface area (Å²) >= 11 is 0. The van der Waals surface area contributed by atoms with Crippen molar-refractivity contribution in [3.05, 3.63) is 0 Å². The Bertz CT molecular complexity index is 840. The van der Waals surface area contributed by atoms with Gasteiger partial charge >= 0.3 is 5.97 Å². The largest absolute Gasteiger partial charge is 0.469 e. The van der Waals surface area contributed by atoms with Crippen LogP contribution in [0.3, 0.4) is 0 Å². The number of ketones is 1. The summed E-state index contributed by atoms with van der Waals surface area (Å²) in [6.45, 7) is 13.2. The summed E-state index contributed by atoms with van der Waals surface area (Å²) < 4.78 is 17.7. The molecular formula is C30H48O5. The number of hydrogen-bond acceptors (Lipinski definition) is 5. The third-order valence-corrected chi connectivity index (χ3v) is 11.7. The molecule has 0 amide bonds. The van der Waals surface area contributed by atoms with E-state index in [1.165, 1.54) is 32.8 Å². The maximum atomic E-state index is 13.9. The van der Waals surface area contributed by atoms with Crippen molar-refractivity contribution >= 4 is 11.8 Å². The summed E-state index contributed by atoms with van der Waals surface area (Å²) in [5, 5.41) is 0. The Hall–Kier alpha value is -0.940. The smallest absolute Gasteiger partial charge is 0.305 e. The molecule has 5 rings (SSSR count). The van der Waals surface area contributed by atoms with Gasteiger partial charge in [-0.15, -0.1) is 0 Å². The first kappa shape index (κ1) is 25.7. The maximum absolute atomic E-state index is 13.9. The lowest BCUT2D eigenvalue weighted by Gasteiger charge is -2.62. The molecule has 1 aliphatic heterocycles. The van der Waals surface area contributed by atoms with Crippen LogP contribution in [0.5, 0.6) is 0 Å². The lowest BCUT2D eigenvalue weighted by atomic mass is 9.43. The third kappa shape index (κ3) is 4.21. The van der Waals surface area contributed by atoms with Gasteiger partial charge in [-0.05, 0) is 78.9 Å². The zero-order valence-corrected chi connectivity index (χ0v) is 23.0. The number of hydrogen-bond donors (Lipinski definition) is 0. The molecule has 0 unspecified atom stereocenters. The van der Waals surface area contributed by atoms with Crippen LogP contribution in [0.25, 0.3) is 0 Å². The van der Waals surface area contributed by atoms with E-state index in [2.05, 4.69) is 34.6 Å². The third-order valence-electron chi connectivity index (χ3n) is 11.7. The molecular weight excluding hydrogens is 440 g/mol. The van der Waals surface area contributed by atoms with Crippen LogP contribution in [0.1, 0.15) is 98.8 Å². The highest BCUT2D eigenvalue weighted by Gasteiger charge is 2.64. The molecule has 5 heteroatoms. The minimum atomic E-state index is -0.469. The van der Waals surface area contributed by atoms with Crippen LogP contribution in [-0.4, -0.2) is 37.9 Å². The van der Waals surface area contributed by atoms with E-state index in [-0.39, 0.29) is 28.1 Å². The van der Waals surface area contributed by atoms with E-state index >= 15 is 0 Å². The SMILES string of the molecule is COC(=O)CC[C@@H](C)[C@H]1CC[C@H]2[C@@H]3C(=O)C[C@@H]4CC5(CC[C@]4(C)[C@H]3CC[C@]12C)OCC(C)(C)CO5. The van der Waals surface area contributed by atoms with Gasteiger partial charge in [-0.3, -0.25) is 9.59 Å². The zero-order valence-electron chi connectivity index (χ0n) is 23.0. The number of fused-ring (bicyclic) bond motifs is 5. The normalized spacial score (nSPS) is 44.7. The Morgan fingerprint density at radius 1 is 1.00 bits per heavy atom. The van der Waals surface area contributed by atoms with Gasteiger partial charge in [0, 0.05) is 37.0 Å². The molecule has 1 saturated heterocycles. The molecule has 5 fully saturated rings. The molecule has 198 valence electrons. The predicted molar refractivity (Wildman–Crippen MR) is 134 cm³/mol. The second kappa shape index (κ2) is 8.82. The molecule has 0 aromatic heterocycles. The van der Waals surface area contributed by atoms with E-state index in [0.717, 1.165) is 38.9 Å². The number of rotatable bonds is 4. The quantitative estimate of drug-likeness (QED) is 0.442. The Labute approximate surface area is 212 Å². The summed E-state index contributed by atoms with van der Waals surface area (Å²) in [4.78, 5) is 25.6. The molecule has 1 spiro atoms. The van der Waals surface area contributed by atoms with Crippen LogP contribution in [0, 0.1) is 51.8 Å². The topological polar surface area (TPSA) is 61.8 Å². The monoisotopic (exact) mass is 488 g/mol. The highest BCUT2D eigenvalue weighted by molar-refractivity contribution is 5.83. The molecule has 4 aliphatic carbocycles. The van der Waals surface area contributed by atoms with Gasteiger partial charge in [-0.2, -0.15) is 0 Å². The molecule has 35 heavy (non-hydrogen) atoms. The van der Waals surface area contributed by atoms with Crippen molar-refractivity contribution in [3.63, 3.8) is 0 Å². The van der Waals surface area contributed by atoms with Gasteiger partial charge < -0.3 is 14.2 Å². The molecule has 8 atom stereocenters. The van der Waals surface area contributed by atoms with E-state index in [0.29, 0.717) is 48.2 Å². The highest BCUT2D eigenvalue weighted by Crippen LogP contribution is 2.68. The summed E-state index contributed by atoms with van der Waals surface area (Å²) in [7, 11) is 1.48. The molecule has 5 aliphatic rings. The van der Waals surface area contributed by atoms with Crippen molar-refractivity contribution in [3.8, 4) is 0 Å². The summed E-state index contributed by atoms with van der Waals surface area (Å²) in [6, 6.07) is 0. The minimum absolute atomic E-state index is 0.0698. The summed E-state index contributed by atoms with van der Waals surface area (Å²) in [6.07, 6.45) is 9.78. The second-order valence-corrected chi connectivity index (χ2v) is 14.3. The molecule has 0 aromatic carbocycles. The van der Waals surface area contributed by atoms with Crippen LogP contribution in [0.15, 0.2) is 0 Å². The van der Waals surface area contributed by atoms with Gasteiger partial charge in [0.1, 0.15) is 5.78 Å². The van der Waals surface area contributed by atoms with Crippen LogP contribution in [0.2, 0.25) is 0 Å². The predicted octanol–water partition coefficient (Wildman–Crippen LogP) is 6.18. The molecule has 0 bridgehead atoms. The molecule has 5 nitrogen and oxygen atoms in total. The fourth-order valence-corrected chi connectivity index (χ4v) is 9.50. The first-order valence-corrected chi connectivity index (χ1v) is 14.3. The van der Waals surface area contributed by atoms with Crippen molar-refractivity contribution in [2.45, 2.75) is 105 Å². The molecule has 1 heterocycles. The van der Waals surface area contributed by atoms with Crippen LogP contribution >= 0.6 is 0 Å². The van der Waals surface area contributed by atoms with E-state index in [9.17, 15) is 9.59 Å². The number of carbonyl (C=O) groups is 2. The van der Waals surface area contributed by atoms with Crippen LogP contribution in [-0.2, 0) is 23.8 Å². The van der Waals surface area contributed by atoms with Crippen molar-refractivity contribution < 1.29 is 23.8 Å². The van der Waals surface area contributed by atoms with Gasteiger partial charge in [0.25, 0.3) is 0 Å². The lowest BCUT2D eigenvalue weighted by molar-refractivity contribution is -0.328. The maximum Gasteiger partial charge on any atom is 0.305 e. The molecule has 0 aromatic rings. The van der Waals surface area contributed by atoms with E-state index in [1.54, 1.807) is 0 Å². The van der Waals surface area contributed by atoms with Gasteiger partial charge in [-0.25, -0.2) is 0 Å². The van der Waals surface area contributed by atoms with Crippen molar-refractivity contribution in [1.82, 2.24) is 0 Å². The summed E-state index contributed by atoms with van der Waals surface area (Å²) in [5.74, 6) is 2.60. The van der Waals surface area contributed by atoms with Gasteiger partial charge in [0.2, 0.25) is 0 Å². The van der Waals surface area contributed by atoms with Crippen molar-refractivity contribution in [2.75, 3.05) is 20.3 Å². The van der Waals surface area contributed by atoms with E-state index in [4.69, 9.17) is 14.2 Å². The fraction of sp³-hybridized carbons (Fsp3) is 0.933. The Balaban J connectivity index is 1.32. The highest BCUT2D eigenvalue weighted by atomic mass is 16.7. The van der Waals surface area contributed by atoms with Gasteiger partial charge in [-0.1, -0.05) is 34.6 Å². The van der Waals surface area contributed by atoms with Crippen molar-refractivity contribution in [2.24, 2.45) is 51.8 Å². The molecule has 0 N–H and O–H groups in total. The average Bonchev–Trinajstić information content (AvgIpc) is 3.17. The number of carbonyl (C=O) groups excluding carboxylic acids is 2. The second-order valence-electron chi connectivity index (χ2n) is 14.3.